The van der Waals surface area contributed by atoms with Crippen molar-refractivity contribution in [3.8, 4) is 0 Å². The Morgan fingerprint density at radius 2 is 1.31 bits per heavy atom. The molecule has 1 aliphatic rings. The summed E-state index contributed by atoms with van der Waals surface area (Å²) < 4.78 is 32.5. The number of carbonyl (C=O) groups excluding carboxylic acids is 1. The van der Waals surface area contributed by atoms with Crippen molar-refractivity contribution in [1.29, 1.82) is 0 Å². The molecule has 3 aromatic carbocycles. The number of thioether (sulfide) groups is 1. The summed E-state index contributed by atoms with van der Waals surface area (Å²) in [6, 6.07) is 30.2. The predicted molar refractivity (Wildman–Crippen MR) is 167 cm³/mol. The highest BCUT2D eigenvalue weighted by atomic mass is 32.2. The van der Waals surface area contributed by atoms with Crippen LogP contribution in [-0.4, -0.2) is 48.3 Å². The van der Waals surface area contributed by atoms with E-state index < -0.39 is 24.6 Å². The van der Waals surface area contributed by atoms with Crippen LogP contribution < -0.4 is 0 Å². The van der Waals surface area contributed by atoms with Crippen molar-refractivity contribution < 1.29 is 28.5 Å². The van der Waals surface area contributed by atoms with Crippen LogP contribution >= 0.6 is 11.8 Å². The number of benzene rings is 3. The van der Waals surface area contributed by atoms with Gasteiger partial charge >= 0.3 is 0 Å². The molecule has 0 aliphatic carbocycles. The number of Topliss-reactive ketones (excluding diaryl/α,β-unsaturated/α-hetero) is 1. The summed E-state index contributed by atoms with van der Waals surface area (Å²) in [6.07, 6.45) is -0.331. The molecule has 42 heavy (non-hydrogen) atoms. The fourth-order valence-electron chi connectivity index (χ4n) is 4.81. The van der Waals surface area contributed by atoms with Gasteiger partial charge in [0.2, 0.25) is 0 Å². The van der Waals surface area contributed by atoms with Crippen LogP contribution in [0.25, 0.3) is 0 Å². The Morgan fingerprint density at radius 1 is 0.810 bits per heavy atom. The lowest BCUT2D eigenvalue weighted by atomic mass is 10.00. The Balaban J connectivity index is 1.65. The van der Waals surface area contributed by atoms with Crippen molar-refractivity contribution in [2.45, 2.75) is 83.5 Å². The zero-order chi connectivity index (χ0) is 29.7. The molecule has 5 atom stereocenters. The highest BCUT2D eigenvalue weighted by Crippen LogP contribution is 2.39. The standard InChI is InChI=1S/C35H42O6S/c1-5-31(26(4)36)42-34-33(39-23-29-19-13-8-14-20-29)32(38-22-28-17-11-7-12-18-28)30(41-35(34)40-25(2)3)24-37-21-27-15-9-6-10-16-27/h5-20,25,30,32-35H,21-24H2,1-4H3/b31-5-/t30-,32-,33+,34-,35+/m1/s1. The zero-order valence-corrected chi connectivity index (χ0v) is 25.7. The van der Waals surface area contributed by atoms with Gasteiger partial charge in [-0.2, -0.15) is 0 Å². The van der Waals surface area contributed by atoms with Crippen LogP contribution in [0.3, 0.4) is 0 Å². The number of hydrogen-bond donors (Lipinski definition) is 0. The molecule has 1 fully saturated rings. The zero-order valence-electron chi connectivity index (χ0n) is 24.9. The molecule has 0 radical (unpaired) electrons. The van der Waals surface area contributed by atoms with E-state index >= 15 is 0 Å². The topological polar surface area (TPSA) is 63.2 Å². The molecule has 1 aliphatic heterocycles. The van der Waals surface area contributed by atoms with Crippen LogP contribution in [0.15, 0.2) is 102 Å². The molecule has 1 saturated heterocycles. The normalized spacial score (nSPS) is 22.8. The third-order valence-electron chi connectivity index (χ3n) is 6.83. The second-order valence-electron chi connectivity index (χ2n) is 10.5. The average molecular weight is 591 g/mol. The highest BCUT2D eigenvalue weighted by Gasteiger charge is 2.49. The lowest BCUT2D eigenvalue weighted by molar-refractivity contribution is -0.281. The maximum atomic E-state index is 12.5. The molecule has 0 aromatic heterocycles. The van der Waals surface area contributed by atoms with E-state index in [1.54, 1.807) is 6.92 Å². The average Bonchev–Trinajstić information content (AvgIpc) is 3.00. The second-order valence-corrected chi connectivity index (χ2v) is 11.8. The highest BCUT2D eigenvalue weighted by molar-refractivity contribution is 8.04. The minimum absolute atomic E-state index is 0.0114. The van der Waals surface area contributed by atoms with Crippen LogP contribution in [0, 0.1) is 0 Å². The first-order valence-corrected chi connectivity index (χ1v) is 15.4. The van der Waals surface area contributed by atoms with Crippen molar-refractivity contribution in [2.24, 2.45) is 0 Å². The maximum Gasteiger partial charge on any atom is 0.173 e. The summed E-state index contributed by atoms with van der Waals surface area (Å²) in [5.74, 6) is -0.0114. The van der Waals surface area contributed by atoms with E-state index in [0.717, 1.165) is 16.7 Å². The van der Waals surface area contributed by atoms with Gasteiger partial charge in [-0.1, -0.05) is 97.1 Å². The fraction of sp³-hybridized carbons (Fsp3) is 0.400. The van der Waals surface area contributed by atoms with Crippen molar-refractivity contribution in [1.82, 2.24) is 0 Å². The summed E-state index contributed by atoms with van der Waals surface area (Å²) in [5.41, 5.74) is 3.17. The lowest BCUT2D eigenvalue weighted by Gasteiger charge is -2.46. The Kier molecular flexibility index (Phi) is 12.8. The predicted octanol–water partition coefficient (Wildman–Crippen LogP) is 7.12. The molecule has 0 bridgehead atoms. The van der Waals surface area contributed by atoms with Gasteiger partial charge < -0.3 is 23.7 Å². The third kappa shape index (κ3) is 9.63. The van der Waals surface area contributed by atoms with E-state index in [4.69, 9.17) is 23.7 Å². The van der Waals surface area contributed by atoms with E-state index in [9.17, 15) is 4.79 Å². The summed E-state index contributed by atoms with van der Waals surface area (Å²) in [7, 11) is 0. The number of carbonyl (C=O) groups is 1. The van der Waals surface area contributed by atoms with Gasteiger partial charge in [-0.3, -0.25) is 4.79 Å². The van der Waals surface area contributed by atoms with Crippen molar-refractivity contribution >= 4 is 17.5 Å². The summed E-state index contributed by atoms with van der Waals surface area (Å²) in [5, 5.41) is -0.364. The molecule has 0 amide bonds. The molecule has 0 saturated carbocycles. The van der Waals surface area contributed by atoms with Crippen LogP contribution in [0.5, 0.6) is 0 Å². The maximum absolute atomic E-state index is 12.5. The van der Waals surface area contributed by atoms with Crippen molar-refractivity contribution in [3.63, 3.8) is 0 Å². The Morgan fingerprint density at radius 3 is 1.79 bits per heavy atom. The number of ketones is 1. The van der Waals surface area contributed by atoms with Crippen LogP contribution in [-0.2, 0) is 48.3 Å². The fourth-order valence-corrected chi connectivity index (χ4v) is 6.01. The van der Waals surface area contributed by atoms with Crippen molar-refractivity contribution in [3.05, 3.63) is 119 Å². The Bertz CT molecular complexity index is 1230. The second kappa shape index (κ2) is 16.8. The van der Waals surface area contributed by atoms with Crippen molar-refractivity contribution in [2.75, 3.05) is 6.61 Å². The molecule has 6 nitrogen and oxygen atoms in total. The molecule has 0 spiro atoms. The van der Waals surface area contributed by atoms with Crippen LogP contribution in [0.4, 0.5) is 0 Å². The largest absolute Gasteiger partial charge is 0.374 e. The molecular formula is C35H42O6S. The first-order valence-electron chi connectivity index (χ1n) is 14.5. The molecule has 0 unspecified atom stereocenters. The summed E-state index contributed by atoms with van der Waals surface area (Å²) in [4.78, 5) is 13.2. The van der Waals surface area contributed by atoms with Crippen LogP contribution in [0.2, 0.25) is 0 Å². The first-order chi connectivity index (χ1) is 20.4. The van der Waals surface area contributed by atoms with E-state index in [0.29, 0.717) is 24.7 Å². The number of allylic oxidation sites excluding steroid dienone is 2. The first kappa shape index (κ1) is 32.1. The molecular weight excluding hydrogens is 548 g/mol. The smallest absolute Gasteiger partial charge is 0.173 e. The molecule has 3 aromatic rings. The Hall–Kier alpha value is -2.78. The van der Waals surface area contributed by atoms with E-state index in [1.165, 1.54) is 11.8 Å². The van der Waals surface area contributed by atoms with Crippen LogP contribution in [0.1, 0.15) is 44.4 Å². The molecule has 7 heteroatoms. The van der Waals surface area contributed by atoms with Gasteiger partial charge in [0.15, 0.2) is 12.1 Å². The summed E-state index contributed by atoms with van der Waals surface area (Å²) in [6.45, 7) is 8.90. The molecule has 0 N–H and O–H groups in total. The molecule has 1 heterocycles. The van der Waals surface area contributed by atoms with Gasteiger partial charge in [-0.15, -0.1) is 11.8 Å². The number of hydrogen-bond acceptors (Lipinski definition) is 7. The van der Waals surface area contributed by atoms with Gasteiger partial charge in [-0.25, -0.2) is 0 Å². The number of ether oxygens (including phenoxy) is 5. The van der Waals surface area contributed by atoms with Gasteiger partial charge in [0.25, 0.3) is 0 Å². The van der Waals surface area contributed by atoms with Gasteiger partial charge in [0.1, 0.15) is 18.3 Å². The summed E-state index contributed by atoms with van der Waals surface area (Å²) >= 11 is 1.43. The minimum atomic E-state index is -0.646. The number of rotatable bonds is 15. The molecule has 224 valence electrons. The third-order valence-corrected chi connectivity index (χ3v) is 8.37. The SMILES string of the molecule is C/C=C(\S[C@H]1[C@@H](OC(C)C)O[C@H](COCc2ccccc2)[C@@H](OCc2ccccc2)[C@@H]1OCc1ccccc1)C(C)=O. The van der Waals surface area contributed by atoms with E-state index in [2.05, 4.69) is 0 Å². The monoisotopic (exact) mass is 590 g/mol. The van der Waals surface area contributed by atoms with Gasteiger partial charge in [0, 0.05) is 4.91 Å². The van der Waals surface area contributed by atoms with Gasteiger partial charge in [-0.05, 0) is 44.4 Å². The van der Waals surface area contributed by atoms with E-state index in [1.807, 2.05) is 118 Å². The lowest BCUT2D eigenvalue weighted by Crippen LogP contribution is -2.60. The Labute approximate surface area is 254 Å². The molecule has 4 rings (SSSR count). The van der Waals surface area contributed by atoms with Gasteiger partial charge in [0.05, 0.1) is 37.8 Å². The minimum Gasteiger partial charge on any atom is -0.374 e. The van der Waals surface area contributed by atoms with E-state index in [-0.39, 0.29) is 23.7 Å². The quantitative estimate of drug-likeness (QED) is 0.175.